The van der Waals surface area contributed by atoms with Gasteiger partial charge in [-0.3, -0.25) is 9.59 Å². The highest BCUT2D eigenvalue weighted by atomic mass is 16.5. The van der Waals surface area contributed by atoms with Crippen LogP contribution in [-0.4, -0.2) is 43.9 Å². The molecule has 1 heterocycles. The van der Waals surface area contributed by atoms with Crippen LogP contribution in [0.15, 0.2) is 24.3 Å². The van der Waals surface area contributed by atoms with Crippen LogP contribution < -0.4 is 10.1 Å². The predicted molar refractivity (Wildman–Crippen MR) is 98.2 cm³/mol. The Labute approximate surface area is 154 Å². The number of ether oxygens (including phenoxy) is 2. The van der Waals surface area contributed by atoms with Crippen molar-refractivity contribution in [2.75, 3.05) is 26.8 Å². The lowest BCUT2D eigenvalue weighted by atomic mass is 9.93. The largest absolute Gasteiger partial charge is 0.493 e. The van der Waals surface area contributed by atoms with E-state index in [0.29, 0.717) is 17.9 Å². The van der Waals surface area contributed by atoms with Crippen LogP contribution in [0.3, 0.4) is 0 Å². The second-order valence-electron chi connectivity index (χ2n) is 6.76. The van der Waals surface area contributed by atoms with E-state index in [1.54, 1.807) is 6.07 Å². The number of aliphatic carboxylic acids is 1. The Morgan fingerprint density at radius 1 is 1.23 bits per heavy atom. The number of carboxylic acid groups (broad SMARTS) is 1. The summed E-state index contributed by atoms with van der Waals surface area (Å²) in [5.74, 6) is -1.68. The number of unbranched alkanes of at least 4 members (excludes halogenated alkanes) is 1. The summed E-state index contributed by atoms with van der Waals surface area (Å²) in [6, 6.07) is 7.28. The highest BCUT2D eigenvalue weighted by Gasteiger charge is 2.28. The zero-order valence-corrected chi connectivity index (χ0v) is 15.4. The van der Waals surface area contributed by atoms with Gasteiger partial charge in [0, 0.05) is 0 Å². The second-order valence-corrected chi connectivity index (χ2v) is 6.76. The van der Waals surface area contributed by atoms with Crippen LogP contribution in [0.2, 0.25) is 0 Å². The van der Waals surface area contributed by atoms with Crippen molar-refractivity contribution in [1.29, 1.82) is 0 Å². The number of carbonyl (C=O) groups excluding carboxylic acids is 1. The van der Waals surface area contributed by atoms with E-state index in [9.17, 15) is 14.7 Å². The molecule has 26 heavy (non-hydrogen) atoms. The minimum Gasteiger partial charge on any atom is -0.493 e. The third-order valence-corrected chi connectivity index (χ3v) is 4.90. The van der Waals surface area contributed by atoms with Crippen LogP contribution in [0.1, 0.15) is 37.7 Å². The third kappa shape index (κ3) is 6.33. The van der Waals surface area contributed by atoms with Gasteiger partial charge >= 0.3 is 11.9 Å². The first-order valence-electron chi connectivity index (χ1n) is 9.34. The van der Waals surface area contributed by atoms with E-state index < -0.39 is 17.9 Å². The van der Waals surface area contributed by atoms with Crippen molar-refractivity contribution in [2.24, 2.45) is 11.8 Å². The number of hydrogen-bond donors (Lipinski definition) is 2. The van der Waals surface area contributed by atoms with Crippen LogP contribution in [0.25, 0.3) is 0 Å². The van der Waals surface area contributed by atoms with Crippen molar-refractivity contribution in [2.45, 2.75) is 38.5 Å². The first-order valence-corrected chi connectivity index (χ1v) is 9.34. The lowest BCUT2D eigenvalue weighted by Gasteiger charge is -2.22. The van der Waals surface area contributed by atoms with E-state index >= 15 is 0 Å². The summed E-state index contributed by atoms with van der Waals surface area (Å²) in [5.41, 5.74) is 0.712. The molecular formula is C20H29NO5. The highest BCUT2D eigenvalue weighted by molar-refractivity contribution is 5.94. The zero-order valence-electron chi connectivity index (χ0n) is 15.4. The summed E-state index contributed by atoms with van der Waals surface area (Å²) >= 11 is 0. The number of piperidine rings is 1. The molecule has 0 aromatic heterocycles. The molecule has 0 amide bonds. The standard InChI is InChI=1S/C20H29NO5/c1-25-20(24)17(19(22)23)14-16-7-2-3-8-18(16)26-13-5-4-6-15-9-11-21-12-10-15/h2-3,7-8,15,17,21H,4-6,9-14H2,1H3,(H,22,23). The van der Waals surface area contributed by atoms with Crippen LogP contribution in [0.4, 0.5) is 0 Å². The molecule has 0 radical (unpaired) electrons. The van der Waals surface area contributed by atoms with Crippen LogP contribution in [0.5, 0.6) is 5.75 Å². The minimum absolute atomic E-state index is 0.0628. The monoisotopic (exact) mass is 363 g/mol. The molecule has 1 saturated heterocycles. The van der Waals surface area contributed by atoms with E-state index in [4.69, 9.17) is 4.74 Å². The predicted octanol–water partition coefficient (Wildman–Crippen LogP) is 2.65. The SMILES string of the molecule is COC(=O)C(Cc1ccccc1OCCCCC1CCNCC1)C(=O)O. The summed E-state index contributed by atoms with van der Waals surface area (Å²) in [7, 11) is 1.20. The molecule has 0 saturated carbocycles. The quantitative estimate of drug-likeness (QED) is 0.378. The maximum atomic E-state index is 11.7. The first-order chi connectivity index (χ1) is 12.6. The van der Waals surface area contributed by atoms with Crippen LogP contribution in [-0.2, 0) is 20.7 Å². The molecule has 0 bridgehead atoms. The van der Waals surface area contributed by atoms with Gasteiger partial charge in [0.15, 0.2) is 5.92 Å². The van der Waals surface area contributed by atoms with Gasteiger partial charge in [-0.15, -0.1) is 0 Å². The van der Waals surface area contributed by atoms with E-state index in [1.807, 2.05) is 18.2 Å². The Bertz CT molecular complexity index is 583. The third-order valence-electron chi connectivity index (χ3n) is 4.90. The number of esters is 1. The molecule has 1 aliphatic heterocycles. The fourth-order valence-electron chi connectivity index (χ4n) is 3.33. The van der Waals surface area contributed by atoms with E-state index in [2.05, 4.69) is 10.1 Å². The first kappa shape index (κ1) is 20.2. The summed E-state index contributed by atoms with van der Waals surface area (Å²) < 4.78 is 10.5. The van der Waals surface area contributed by atoms with E-state index in [0.717, 1.165) is 31.8 Å². The van der Waals surface area contributed by atoms with Gasteiger partial charge in [-0.25, -0.2) is 0 Å². The molecule has 1 atom stereocenters. The lowest BCUT2D eigenvalue weighted by Crippen LogP contribution is -2.27. The number of benzene rings is 1. The fraction of sp³-hybridized carbons (Fsp3) is 0.600. The van der Waals surface area contributed by atoms with Gasteiger partial charge in [-0.2, -0.15) is 0 Å². The van der Waals surface area contributed by atoms with Gasteiger partial charge in [0.2, 0.25) is 0 Å². The van der Waals surface area contributed by atoms with Crippen molar-refractivity contribution in [3.63, 3.8) is 0 Å². The number of para-hydroxylation sites is 1. The number of nitrogens with one attached hydrogen (secondary N) is 1. The minimum atomic E-state index is -1.22. The average Bonchev–Trinajstić information content (AvgIpc) is 2.66. The average molecular weight is 363 g/mol. The molecule has 1 aliphatic rings. The van der Waals surface area contributed by atoms with Gasteiger partial charge in [0.1, 0.15) is 5.75 Å². The molecule has 1 aromatic rings. The number of rotatable bonds is 10. The van der Waals surface area contributed by atoms with Crippen molar-refractivity contribution in [3.05, 3.63) is 29.8 Å². The molecule has 1 unspecified atom stereocenters. The zero-order chi connectivity index (χ0) is 18.8. The van der Waals surface area contributed by atoms with Crippen molar-refractivity contribution in [1.82, 2.24) is 5.32 Å². The molecule has 144 valence electrons. The van der Waals surface area contributed by atoms with E-state index in [-0.39, 0.29) is 6.42 Å². The van der Waals surface area contributed by atoms with Crippen LogP contribution in [0, 0.1) is 11.8 Å². The molecule has 6 nitrogen and oxygen atoms in total. The number of carboxylic acids is 1. The Morgan fingerprint density at radius 2 is 1.96 bits per heavy atom. The number of hydrogen-bond acceptors (Lipinski definition) is 5. The van der Waals surface area contributed by atoms with Gasteiger partial charge in [-0.1, -0.05) is 24.6 Å². The maximum absolute atomic E-state index is 11.7. The maximum Gasteiger partial charge on any atom is 0.320 e. The van der Waals surface area contributed by atoms with Gasteiger partial charge in [0.25, 0.3) is 0 Å². The Morgan fingerprint density at radius 3 is 2.65 bits per heavy atom. The molecule has 2 rings (SSSR count). The van der Waals surface area contributed by atoms with Crippen molar-refractivity contribution < 1.29 is 24.2 Å². The fourth-order valence-corrected chi connectivity index (χ4v) is 3.33. The summed E-state index contributed by atoms with van der Waals surface area (Å²) in [5, 5.41) is 12.6. The lowest BCUT2D eigenvalue weighted by molar-refractivity contribution is -0.156. The molecule has 0 aliphatic carbocycles. The van der Waals surface area contributed by atoms with Crippen LogP contribution >= 0.6 is 0 Å². The molecule has 2 N–H and O–H groups in total. The Balaban J connectivity index is 1.82. The summed E-state index contributed by atoms with van der Waals surface area (Å²) in [6.07, 6.45) is 5.91. The van der Waals surface area contributed by atoms with Gasteiger partial charge < -0.3 is 19.9 Å². The molecule has 0 spiro atoms. The molecule has 1 fully saturated rings. The highest BCUT2D eigenvalue weighted by Crippen LogP contribution is 2.23. The molecular weight excluding hydrogens is 334 g/mol. The Kier molecular flexibility index (Phi) is 8.41. The van der Waals surface area contributed by atoms with Crippen molar-refractivity contribution in [3.8, 4) is 5.75 Å². The summed E-state index contributed by atoms with van der Waals surface area (Å²) in [4.78, 5) is 23.0. The molecule has 1 aromatic carbocycles. The Hall–Kier alpha value is -2.08. The van der Waals surface area contributed by atoms with Crippen molar-refractivity contribution >= 4 is 11.9 Å². The number of methoxy groups -OCH3 is 1. The molecule has 6 heteroatoms. The van der Waals surface area contributed by atoms with Gasteiger partial charge in [-0.05, 0) is 62.7 Å². The summed E-state index contributed by atoms with van der Waals surface area (Å²) in [6.45, 7) is 2.84. The van der Waals surface area contributed by atoms with Gasteiger partial charge in [0.05, 0.1) is 13.7 Å². The normalized spacial score (nSPS) is 16.0. The topological polar surface area (TPSA) is 84.9 Å². The second kappa shape index (κ2) is 10.8. The number of carbonyl (C=O) groups is 2. The smallest absolute Gasteiger partial charge is 0.320 e. The van der Waals surface area contributed by atoms with E-state index in [1.165, 1.54) is 26.4 Å².